The predicted molar refractivity (Wildman–Crippen MR) is 109 cm³/mol. The van der Waals surface area contributed by atoms with Crippen molar-refractivity contribution < 1.29 is 13.2 Å². The molecule has 0 spiro atoms. The van der Waals surface area contributed by atoms with Crippen molar-refractivity contribution in [1.29, 1.82) is 0 Å². The van der Waals surface area contributed by atoms with Gasteiger partial charge in [0.1, 0.15) is 0 Å². The molecule has 0 radical (unpaired) electrons. The minimum Gasteiger partial charge on any atom is -0.322 e. The highest BCUT2D eigenvalue weighted by atomic mass is 32.2. The molecule has 0 aliphatic heterocycles. The molecule has 3 rings (SSSR count). The molecule has 1 amide bonds. The summed E-state index contributed by atoms with van der Waals surface area (Å²) in [6, 6.07) is 15.9. The van der Waals surface area contributed by atoms with E-state index in [9.17, 15) is 13.2 Å². The standard InChI is InChI=1S/C21H21N3O3S/c1-4-28(26,27)20-9-8-19(23-24-20)16-6-5-7-18(13-16)22-21(25)17-11-14(2)10-15(3)12-17/h5-13H,4H2,1-3H3,(H,22,25). The monoisotopic (exact) mass is 395 g/mol. The first-order chi connectivity index (χ1) is 13.3. The number of nitrogens with zero attached hydrogens (tertiary/aromatic N) is 2. The normalized spacial score (nSPS) is 11.2. The zero-order valence-electron chi connectivity index (χ0n) is 15.9. The van der Waals surface area contributed by atoms with E-state index in [1.165, 1.54) is 6.07 Å². The highest BCUT2D eigenvalue weighted by Gasteiger charge is 2.14. The first-order valence-corrected chi connectivity index (χ1v) is 10.5. The minimum absolute atomic E-state index is 0.0268. The van der Waals surface area contributed by atoms with E-state index in [4.69, 9.17) is 0 Å². The maximum atomic E-state index is 12.5. The molecular weight excluding hydrogens is 374 g/mol. The molecule has 0 unspecified atom stereocenters. The Labute approximate surface area is 164 Å². The molecule has 1 heterocycles. The lowest BCUT2D eigenvalue weighted by atomic mass is 10.1. The summed E-state index contributed by atoms with van der Waals surface area (Å²) in [5, 5.41) is 10.7. The molecule has 0 aliphatic rings. The topological polar surface area (TPSA) is 89.0 Å². The second kappa shape index (κ2) is 7.90. The summed E-state index contributed by atoms with van der Waals surface area (Å²) in [5.41, 5.74) is 4.52. The van der Waals surface area contributed by atoms with Gasteiger partial charge in [-0.25, -0.2) is 8.42 Å². The van der Waals surface area contributed by atoms with Crippen molar-refractivity contribution in [2.45, 2.75) is 25.8 Å². The second-order valence-corrected chi connectivity index (χ2v) is 8.80. The van der Waals surface area contributed by atoms with Crippen molar-refractivity contribution in [2.24, 2.45) is 0 Å². The van der Waals surface area contributed by atoms with Gasteiger partial charge < -0.3 is 5.32 Å². The van der Waals surface area contributed by atoms with Crippen LogP contribution < -0.4 is 5.32 Å². The van der Waals surface area contributed by atoms with E-state index < -0.39 is 9.84 Å². The Balaban J connectivity index is 1.83. The molecule has 0 saturated heterocycles. The van der Waals surface area contributed by atoms with E-state index in [0.717, 1.165) is 16.7 Å². The van der Waals surface area contributed by atoms with Gasteiger partial charge in [-0.15, -0.1) is 10.2 Å². The van der Waals surface area contributed by atoms with E-state index in [0.29, 0.717) is 16.9 Å². The number of rotatable bonds is 5. The number of hydrogen-bond acceptors (Lipinski definition) is 5. The van der Waals surface area contributed by atoms with Crippen molar-refractivity contribution in [1.82, 2.24) is 10.2 Å². The molecule has 3 aromatic rings. The zero-order valence-corrected chi connectivity index (χ0v) is 16.7. The Bertz CT molecular complexity index is 1100. The summed E-state index contributed by atoms with van der Waals surface area (Å²) < 4.78 is 23.7. The van der Waals surface area contributed by atoms with Crippen LogP contribution in [0.15, 0.2) is 59.6 Å². The van der Waals surface area contributed by atoms with Gasteiger partial charge in [-0.3, -0.25) is 4.79 Å². The van der Waals surface area contributed by atoms with Crippen molar-refractivity contribution in [3.63, 3.8) is 0 Å². The maximum Gasteiger partial charge on any atom is 0.255 e. The molecule has 0 aliphatic carbocycles. The summed E-state index contributed by atoms with van der Waals surface area (Å²) in [6.45, 7) is 5.46. The van der Waals surface area contributed by atoms with E-state index in [1.54, 1.807) is 31.2 Å². The lowest BCUT2D eigenvalue weighted by molar-refractivity contribution is 0.102. The average molecular weight is 395 g/mol. The summed E-state index contributed by atoms with van der Waals surface area (Å²) >= 11 is 0. The number of hydrogen-bond donors (Lipinski definition) is 1. The Kier molecular flexibility index (Phi) is 5.56. The summed E-state index contributed by atoms with van der Waals surface area (Å²) in [5.74, 6) is -0.222. The molecule has 0 fully saturated rings. The lowest BCUT2D eigenvalue weighted by Crippen LogP contribution is -2.12. The van der Waals surface area contributed by atoms with Gasteiger partial charge in [-0.05, 0) is 50.2 Å². The van der Waals surface area contributed by atoms with E-state index in [1.807, 2.05) is 38.1 Å². The fourth-order valence-corrected chi connectivity index (χ4v) is 3.59. The van der Waals surface area contributed by atoms with Crippen LogP contribution in [0, 0.1) is 13.8 Å². The van der Waals surface area contributed by atoms with Gasteiger partial charge in [0, 0.05) is 16.8 Å². The van der Waals surface area contributed by atoms with Crippen molar-refractivity contribution in [3.05, 3.63) is 71.3 Å². The lowest BCUT2D eigenvalue weighted by Gasteiger charge is -2.09. The van der Waals surface area contributed by atoms with Crippen LogP contribution in [0.2, 0.25) is 0 Å². The van der Waals surface area contributed by atoms with Crippen molar-refractivity contribution >= 4 is 21.4 Å². The highest BCUT2D eigenvalue weighted by Crippen LogP contribution is 2.22. The smallest absolute Gasteiger partial charge is 0.255 e. The molecule has 0 atom stereocenters. The van der Waals surface area contributed by atoms with Crippen molar-refractivity contribution in [2.75, 3.05) is 11.1 Å². The van der Waals surface area contributed by atoms with Crippen LogP contribution in [0.3, 0.4) is 0 Å². The Morgan fingerprint density at radius 1 is 0.964 bits per heavy atom. The molecule has 144 valence electrons. The predicted octanol–water partition coefficient (Wildman–Crippen LogP) is 3.81. The summed E-state index contributed by atoms with van der Waals surface area (Å²) in [7, 11) is -3.39. The molecule has 0 saturated carbocycles. The van der Waals surface area contributed by atoms with E-state index in [2.05, 4.69) is 15.5 Å². The quantitative estimate of drug-likeness (QED) is 0.710. The molecule has 28 heavy (non-hydrogen) atoms. The number of nitrogens with one attached hydrogen (secondary N) is 1. The number of anilines is 1. The third kappa shape index (κ3) is 4.43. The number of aryl methyl sites for hydroxylation is 2. The van der Waals surface area contributed by atoms with Crippen molar-refractivity contribution in [3.8, 4) is 11.3 Å². The second-order valence-electron chi connectivity index (χ2n) is 6.57. The number of sulfone groups is 1. The average Bonchev–Trinajstić information content (AvgIpc) is 2.67. The molecule has 6 nitrogen and oxygen atoms in total. The van der Waals surface area contributed by atoms with Gasteiger partial charge in [0.2, 0.25) is 0 Å². The largest absolute Gasteiger partial charge is 0.322 e. The molecule has 2 aromatic carbocycles. The Morgan fingerprint density at radius 2 is 1.68 bits per heavy atom. The van der Waals surface area contributed by atoms with Crippen LogP contribution in [0.4, 0.5) is 5.69 Å². The number of carbonyl (C=O) groups is 1. The molecule has 0 bridgehead atoms. The van der Waals surface area contributed by atoms with Gasteiger partial charge in [0.05, 0.1) is 11.4 Å². The van der Waals surface area contributed by atoms with Crippen LogP contribution in [0.5, 0.6) is 0 Å². The number of aromatic nitrogens is 2. The number of amides is 1. The van der Waals surface area contributed by atoms with Crippen LogP contribution in [0.25, 0.3) is 11.3 Å². The third-order valence-corrected chi connectivity index (χ3v) is 5.85. The summed E-state index contributed by atoms with van der Waals surface area (Å²) in [6.07, 6.45) is 0. The Morgan fingerprint density at radius 3 is 2.29 bits per heavy atom. The zero-order chi connectivity index (χ0) is 20.3. The molecule has 7 heteroatoms. The first-order valence-electron chi connectivity index (χ1n) is 8.85. The van der Waals surface area contributed by atoms with Gasteiger partial charge in [0.15, 0.2) is 14.9 Å². The minimum atomic E-state index is -3.39. The summed E-state index contributed by atoms with van der Waals surface area (Å²) in [4.78, 5) is 12.5. The maximum absolute atomic E-state index is 12.5. The van der Waals surface area contributed by atoms with Crippen LogP contribution >= 0.6 is 0 Å². The van der Waals surface area contributed by atoms with Gasteiger partial charge >= 0.3 is 0 Å². The third-order valence-electron chi connectivity index (χ3n) is 4.24. The fraction of sp³-hybridized carbons (Fsp3) is 0.190. The number of benzene rings is 2. The highest BCUT2D eigenvalue weighted by molar-refractivity contribution is 7.91. The van der Waals surface area contributed by atoms with Gasteiger partial charge in [-0.2, -0.15) is 0 Å². The molecule has 1 N–H and O–H groups in total. The van der Waals surface area contributed by atoms with Crippen LogP contribution in [-0.4, -0.2) is 30.3 Å². The van der Waals surface area contributed by atoms with E-state index >= 15 is 0 Å². The molecule has 1 aromatic heterocycles. The first kappa shape index (κ1) is 19.7. The number of carbonyl (C=O) groups excluding carboxylic acids is 1. The van der Waals surface area contributed by atoms with Crippen LogP contribution in [0.1, 0.15) is 28.4 Å². The van der Waals surface area contributed by atoms with Gasteiger partial charge in [-0.1, -0.05) is 36.2 Å². The Hall–Kier alpha value is -3.06. The van der Waals surface area contributed by atoms with Crippen LogP contribution in [-0.2, 0) is 9.84 Å². The fourth-order valence-electron chi connectivity index (χ4n) is 2.85. The van der Waals surface area contributed by atoms with Gasteiger partial charge in [0.25, 0.3) is 5.91 Å². The molecular formula is C21H21N3O3S. The van der Waals surface area contributed by atoms with E-state index in [-0.39, 0.29) is 16.7 Å². The SMILES string of the molecule is CCS(=O)(=O)c1ccc(-c2cccc(NC(=O)c3cc(C)cc(C)c3)c2)nn1.